The van der Waals surface area contributed by atoms with Crippen LogP contribution in [0.5, 0.6) is 5.75 Å². The summed E-state index contributed by atoms with van der Waals surface area (Å²) in [6.07, 6.45) is 2.17. The van der Waals surface area contributed by atoms with Crippen LogP contribution >= 0.6 is 11.8 Å². The van der Waals surface area contributed by atoms with Gasteiger partial charge in [0.15, 0.2) is 5.17 Å². The predicted molar refractivity (Wildman–Crippen MR) is 103 cm³/mol. The van der Waals surface area contributed by atoms with Crippen LogP contribution in [0, 0.1) is 5.92 Å². The number of unbranched alkanes of at least 4 members (excludes halogenated alkanes) is 1. The van der Waals surface area contributed by atoms with Crippen LogP contribution in [0.4, 0.5) is 0 Å². The van der Waals surface area contributed by atoms with Gasteiger partial charge in [-0.3, -0.25) is 14.6 Å². The lowest BCUT2D eigenvalue weighted by Crippen LogP contribution is -2.37. The molecule has 0 radical (unpaired) electrons. The molecule has 0 saturated carbocycles. The Balaban J connectivity index is 1.85. The summed E-state index contributed by atoms with van der Waals surface area (Å²) in [5.74, 6) is 1.17. The molecule has 2 heterocycles. The largest absolute Gasteiger partial charge is 0.497 e. The van der Waals surface area contributed by atoms with Crippen molar-refractivity contribution in [1.29, 1.82) is 0 Å². The van der Waals surface area contributed by atoms with E-state index < -0.39 is 5.92 Å². The monoisotopic (exact) mass is 375 g/mol. The average molecular weight is 375 g/mol. The van der Waals surface area contributed by atoms with E-state index >= 15 is 0 Å². The third-order valence-electron chi connectivity index (χ3n) is 4.79. The van der Waals surface area contributed by atoms with Crippen molar-refractivity contribution in [2.45, 2.75) is 32.2 Å². The quantitative estimate of drug-likeness (QED) is 0.830. The summed E-state index contributed by atoms with van der Waals surface area (Å²) in [7, 11) is 1.62. The van der Waals surface area contributed by atoms with Gasteiger partial charge in [-0.25, -0.2) is 0 Å². The number of rotatable bonds is 6. The molecule has 0 spiro atoms. The smallest absolute Gasteiger partial charge is 0.231 e. The summed E-state index contributed by atoms with van der Waals surface area (Å²) in [6.45, 7) is 3.50. The normalized spacial score (nSPS) is 22.5. The third kappa shape index (κ3) is 4.03. The fraction of sp³-hybridized carbons (Fsp3) is 0.526. The van der Waals surface area contributed by atoms with Crippen LogP contribution in [0.15, 0.2) is 29.3 Å². The molecule has 1 aromatic rings. The zero-order chi connectivity index (χ0) is 18.5. The van der Waals surface area contributed by atoms with E-state index in [1.54, 1.807) is 18.9 Å². The second kappa shape index (κ2) is 8.58. The number of amidine groups is 1. The van der Waals surface area contributed by atoms with E-state index in [0.717, 1.165) is 36.5 Å². The number of thioether (sulfide) groups is 1. The first kappa shape index (κ1) is 18.8. The lowest BCUT2D eigenvalue weighted by molar-refractivity contribution is -0.129. The lowest BCUT2D eigenvalue weighted by Gasteiger charge is -2.28. The molecule has 26 heavy (non-hydrogen) atoms. The number of aliphatic imine (C=N–C) groups is 1. The van der Waals surface area contributed by atoms with Crippen molar-refractivity contribution in [1.82, 2.24) is 10.2 Å². The summed E-state index contributed by atoms with van der Waals surface area (Å²) in [5, 5.41) is 3.58. The molecular weight excluding hydrogens is 350 g/mol. The summed E-state index contributed by atoms with van der Waals surface area (Å²) in [4.78, 5) is 31.6. The Kier molecular flexibility index (Phi) is 6.19. The van der Waals surface area contributed by atoms with Crippen molar-refractivity contribution < 1.29 is 14.3 Å². The highest BCUT2D eigenvalue weighted by atomic mass is 32.2. The van der Waals surface area contributed by atoms with Gasteiger partial charge in [-0.1, -0.05) is 37.2 Å². The SMILES string of the molecule is CCCCN1C(=O)CC(C(=O)NC2=NCCS2)C1c1ccc(OC)cc1. The van der Waals surface area contributed by atoms with Gasteiger partial charge in [0.1, 0.15) is 5.75 Å². The van der Waals surface area contributed by atoms with E-state index in [-0.39, 0.29) is 24.3 Å². The molecule has 0 bridgehead atoms. The van der Waals surface area contributed by atoms with Crippen molar-refractivity contribution in [3.8, 4) is 5.75 Å². The molecular formula is C19H25N3O3S. The van der Waals surface area contributed by atoms with Gasteiger partial charge in [0.25, 0.3) is 0 Å². The minimum absolute atomic E-state index is 0.0421. The number of nitrogens with zero attached hydrogens (tertiary/aromatic N) is 2. The first-order chi connectivity index (χ1) is 12.6. The Morgan fingerprint density at radius 2 is 2.15 bits per heavy atom. The third-order valence-corrected chi connectivity index (χ3v) is 5.69. The van der Waals surface area contributed by atoms with Crippen molar-refractivity contribution >= 4 is 28.7 Å². The van der Waals surface area contributed by atoms with Gasteiger partial charge in [0.05, 0.1) is 25.6 Å². The van der Waals surface area contributed by atoms with Crippen LogP contribution < -0.4 is 10.1 Å². The highest BCUT2D eigenvalue weighted by molar-refractivity contribution is 8.14. The molecule has 2 unspecified atom stereocenters. The molecule has 140 valence electrons. The maximum atomic E-state index is 12.9. The number of nitrogens with one attached hydrogen (secondary N) is 1. The molecule has 2 aliphatic rings. The Morgan fingerprint density at radius 1 is 1.38 bits per heavy atom. The van der Waals surface area contributed by atoms with Crippen LogP contribution in [-0.2, 0) is 9.59 Å². The molecule has 2 atom stereocenters. The fourth-order valence-corrected chi connectivity index (χ4v) is 4.17. The second-order valence-electron chi connectivity index (χ2n) is 6.49. The van der Waals surface area contributed by atoms with Crippen LogP contribution in [-0.4, -0.2) is 47.8 Å². The zero-order valence-electron chi connectivity index (χ0n) is 15.2. The standard InChI is InChI=1S/C19H25N3O3S/c1-3-4-10-22-16(23)12-15(18(24)21-19-20-9-11-26-19)17(22)13-5-7-14(25-2)8-6-13/h5-8,15,17H,3-4,9-12H2,1-2H3,(H,20,21,24). The Bertz CT molecular complexity index is 690. The molecule has 1 aromatic carbocycles. The summed E-state index contributed by atoms with van der Waals surface area (Å²) in [6, 6.07) is 7.41. The number of amides is 2. The Hall–Kier alpha value is -2.02. The highest BCUT2D eigenvalue weighted by Gasteiger charge is 2.44. The number of carbonyl (C=O) groups excluding carboxylic acids is 2. The van der Waals surface area contributed by atoms with Gasteiger partial charge in [-0.2, -0.15) is 0 Å². The molecule has 0 aliphatic carbocycles. The van der Waals surface area contributed by atoms with E-state index in [0.29, 0.717) is 11.7 Å². The molecule has 1 fully saturated rings. The molecule has 3 rings (SSSR count). The average Bonchev–Trinajstić information content (AvgIpc) is 3.27. The maximum absolute atomic E-state index is 12.9. The van der Waals surface area contributed by atoms with Gasteiger partial charge in [-0.05, 0) is 24.1 Å². The van der Waals surface area contributed by atoms with Crippen molar-refractivity contribution in [2.75, 3.05) is 26.0 Å². The number of ether oxygens (including phenoxy) is 1. The predicted octanol–water partition coefficient (Wildman–Crippen LogP) is 2.60. The topological polar surface area (TPSA) is 71.0 Å². The van der Waals surface area contributed by atoms with E-state index in [4.69, 9.17) is 4.74 Å². The fourth-order valence-electron chi connectivity index (χ4n) is 3.44. The number of likely N-dealkylation sites (tertiary alicyclic amines) is 1. The lowest BCUT2D eigenvalue weighted by atomic mass is 9.92. The van der Waals surface area contributed by atoms with Gasteiger partial charge in [-0.15, -0.1) is 0 Å². The van der Waals surface area contributed by atoms with Crippen LogP contribution in [0.3, 0.4) is 0 Å². The molecule has 0 aromatic heterocycles. The first-order valence-electron chi connectivity index (χ1n) is 9.05. The highest BCUT2D eigenvalue weighted by Crippen LogP contribution is 2.39. The molecule has 1 N–H and O–H groups in total. The summed E-state index contributed by atoms with van der Waals surface area (Å²) < 4.78 is 5.23. The van der Waals surface area contributed by atoms with E-state index in [1.165, 1.54) is 0 Å². The maximum Gasteiger partial charge on any atom is 0.231 e. The van der Waals surface area contributed by atoms with E-state index in [2.05, 4.69) is 17.2 Å². The summed E-state index contributed by atoms with van der Waals surface area (Å²) >= 11 is 1.55. The molecule has 1 saturated heterocycles. The Labute approximate surface area is 158 Å². The zero-order valence-corrected chi connectivity index (χ0v) is 16.1. The van der Waals surface area contributed by atoms with Crippen LogP contribution in [0.25, 0.3) is 0 Å². The van der Waals surface area contributed by atoms with Crippen molar-refractivity contribution in [3.05, 3.63) is 29.8 Å². The van der Waals surface area contributed by atoms with E-state index in [1.807, 2.05) is 29.2 Å². The number of hydrogen-bond donors (Lipinski definition) is 1. The van der Waals surface area contributed by atoms with Crippen LogP contribution in [0.2, 0.25) is 0 Å². The second-order valence-corrected chi connectivity index (χ2v) is 7.58. The number of carbonyl (C=O) groups is 2. The number of methoxy groups -OCH3 is 1. The Morgan fingerprint density at radius 3 is 2.77 bits per heavy atom. The van der Waals surface area contributed by atoms with Crippen molar-refractivity contribution in [3.63, 3.8) is 0 Å². The van der Waals surface area contributed by atoms with Crippen LogP contribution in [0.1, 0.15) is 37.8 Å². The van der Waals surface area contributed by atoms with Gasteiger partial charge in [0.2, 0.25) is 11.8 Å². The van der Waals surface area contributed by atoms with E-state index in [9.17, 15) is 9.59 Å². The first-order valence-corrected chi connectivity index (χ1v) is 10.0. The molecule has 2 aliphatic heterocycles. The molecule has 6 nitrogen and oxygen atoms in total. The van der Waals surface area contributed by atoms with Gasteiger partial charge < -0.3 is 15.0 Å². The number of hydrogen-bond acceptors (Lipinski definition) is 5. The van der Waals surface area contributed by atoms with Gasteiger partial charge >= 0.3 is 0 Å². The van der Waals surface area contributed by atoms with Gasteiger partial charge in [0, 0.05) is 18.7 Å². The minimum atomic E-state index is -0.406. The molecule has 2 amide bonds. The molecule has 7 heteroatoms. The number of benzene rings is 1. The van der Waals surface area contributed by atoms with Crippen molar-refractivity contribution in [2.24, 2.45) is 10.9 Å². The summed E-state index contributed by atoms with van der Waals surface area (Å²) in [5.41, 5.74) is 0.967. The minimum Gasteiger partial charge on any atom is -0.497 e.